The zero-order chi connectivity index (χ0) is 14.1. The van der Waals surface area contributed by atoms with Crippen LogP contribution in [-0.4, -0.2) is 27.7 Å². The summed E-state index contributed by atoms with van der Waals surface area (Å²) in [6, 6.07) is 0. The van der Waals surface area contributed by atoms with Gasteiger partial charge >= 0.3 is 0 Å². The highest BCUT2D eigenvalue weighted by Crippen LogP contribution is 2.50. The van der Waals surface area contributed by atoms with Crippen molar-refractivity contribution in [1.82, 2.24) is 0 Å². The van der Waals surface area contributed by atoms with Crippen molar-refractivity contribution in [3.8, 4) is 0 Å². The number of aliphatic hydroxyl groups excluding tert-OH is 1. The molecule has 1 heterocycles. The van der Waals surface area contributed by atoms with E-state index >= 15 is 0 Å². The average molecular weight is 321 g/mol. The van der Waals surface area contributed by atoms with Crippen LogP contribution in [0.3, 0.4) is 0 Å². The lowest BCUT2D eigenvalue weighted by Gasteiger charge is -2.35. The van der Waals surface area contributed by atoms with Crippen LogP contribution in [0, 0.1) is 11.3 Å². The maximum absolute atomic E-state index is 10.7. The van der Waals surface area contributed by atoms with Crippen molar-refractivity contribution >= 4 is 15.9 Å². The van der Waals surface area contributed by atoms with Gasteiger partial charge in [-0.05, 0) is 25.7 Å². The van der Waals surface area contributed by atoms with Crippen LogP contribution in [0.5, 0.6) is 0 Å². The van der Waals surface area contributed by atoms with E-state index in [1.54, 1.807) is 0 Å². The molecule has 6 atom stereocenters. The number of hydrogen-bond donors (Lipinski definition) is 1. The van der Waals surface area contributed by atoms with Crippen molar-refractivity contribution in [3.05, 3.63) is 0 Å². The summed E-state index contributed by atoms with van der Waals surface area (Å²) < 4.78 is 6.14. The molecule has 0 aromatic heterocycles. The summed E-state index contributed by atoms with van der Waals surface area (Å²) >= 11 is 3.74. The van der Waals surface area contributed by atoms with Crippen LogP contribution in [0.4, 0.5) is 0 Å². The van der Waals surface area contributed by atoms with Crippen LogP contribution in [0.25, 0.3) is 0 Å². The topological polar surface area (TPSA) is 29.5 Å². The Morgan fingerprint density at radius 2 is 1.94 bits per heavy atom. The Bertz CT molecular complexity index is 280. The molecule has 1 saturated heterocycles. The molecule has 0 spiro atoms. The lowest BCUT2D eigenvalue weighted by atomic mass is 9.71. The van der Waals surface area contributed by atoms with Crippen LogP contribution in [0.15, 0.2) is 0 Å². The second kappa shape index (κ2) is 5.80. The molecule has 18 heavy (non-hydrogen) atoms. The van der Waals surface area contributed by atoms with E-state index in [0.717, 1.165) is 19.3 Å². The number of aliphatic hydroxyl groups is 1. The number of alkyl halides is 1. The molecule has 0 aromatic carbocycles. The Labute approximate surface area is 121 Å². The fourth-order valence-corrected chi connectivity index (χ4v) is 3.34. The van der Waals surface area contributed by atoms with Crippen LogP contribution in [0.2, 0.25) is 0 Å². The first-order valence-electron chi connectivity index (χ1n) is 7.27. The largest absolute Gasteiger partial charge is 0.390 e. The van der Waals surface area contributed by atoms with Crippen molar-refractivity contribution in [3.63, 3.8) is 0 Å². The molecule has 6 unspecified atom stereocenters. The van der Waals surface area contributed by atoms with Gasteiger partial charge in [-0.25, -0.2) is 0 Å². The van der Waals surface area contributed by atoms with E-state index in [1.807, 2.05) is 0 Å². The molecule has 1 aliphatic rings. The van der Waals surface area contributed by atoms with Crippen LogP contribution < -0.4 is 0 Å². The summed E-state index contributed by atoms with van der Waals surface area (Å²) in [5.74, 6) is 0.481. The second-order valence-corrected chi connectivity index (χ2v) is 8.11. The second-order valence-electron chi connectivity index (χ2n) is 6.30. The highest BCUT2D eigenvalue weighted by atomic mass is 79.9. The Hall–Kier alpha value is 0.400. The monoisotopic (exact) mass is 320 g/mol. The molecule has 0 aliphatic carbocycles. The summed E-state index contributed by atoms with van der Waals surface area (Å²) in [6.07, 6.45) is 2.62. The number of halogens is 1. The summed E-state index contributed by atoms with van der Waals surface area (Å²) in [5.41, 5.74) is -0.135. The van der Waals surface area contributed by atoms with E-state index in [1.165, 1.54) is 0 Å². The van der Waals surface area contributed by atoms with Crippen molar-refractivity contribution in [2.45, 2.75) is 83.4 Å². The van der Waals surface area contributed by atoms with E-state index in [9.17, 15) is 5.11 Å². The molecule has 3 heteroatoms. The zero-order valence-corrected chi connectivity index (χ0v) is 14.3. The molecule has 0 bridgehead atoms. The predicted octanol–water partition coefficient (Wildman–Crippen LogP) is 4.14. The molecule has 0 aromatic rings. The highest BCUT2D eigenvalue weighted by Gasteiger charge is 2.57. The van der Waals surface area contributed by atoms with Gasteiger partial charge in [-0.15, -0.1) is 0 Å². The first-order chi connectivity index (χ1) is 8.24. The third kappa shape index (κ3) is 2.64. The molecule has 0 saturated carbocycles. The zero-order valence-electron chi connectivity index (χ0n) is 12.7. The van der Waals surface area contributed by atoms with Crippen LogP contribution >= 0.6 is 15.9 Å². The van der Waals surface area contributed by atoms with E-state index in [0.29, 0.717) is 5.92 Å². The number of ether oxygens (including phenoxy) is 1. The molecule has 1 N–H and O–H groups in total. The Morgan fingerprint density at radius 3 is 2.33 bits per heavy atom. The maximum atomic E-state index is 10.7. The quantitative estimate of drug-likeness (QED) is 0.771. The first-order valence-corrected chi connectivity index (χ1v) is 8.06. The summed E-state index contributed by atoms with van der Waals surface area (Å²) in [6.45, 7) is 13.0. The standard InChI is InChI=1S/C15H29BrO2/c1-7-10(4)12-14(5,8-2)11(17)13(18-12)15(6,16)9-3/h10-13,17H,7-9H2,1-6H3. The third-order valence-corrected chi connectivity index (χ3v) is 6.12. The first kappa shape index (κ1) is 16.5. The predicted molar refractivity (Wildman–Crippen MR) is 80.1 cm³/mol. The fraction of sp³-hybridized carbons (Fsp3) is 1.00. The minimum Gasteiger partial charge on any atom is -0.390 e. The third-order valence-electron chi connectivity index (χ3n) is 5.11. The Morgan fingerprint density at radius 1 is 1.39 bits per heavy atom. The summed E-state index contributed by atoms with van der Waals surface area (Å²) in [7, 11) is 0. The van der Waals surface area contributed by atoms with Crippen LogP contribution in [0.1, 0.15) is 60.8 Å². The van der Waals surface area contributed by atoms with E-state index < -0.39 is 6.10 Å². The van der Waals surface area contributed by atoms with Gasteiger partial charge in [0.05, 0.1) is 22.6 Å². The molecule has 1 rings (SSSR count). The lowest BCUT2D eigenvalue weighted by molar-refractivity contribution is -0.0326. The maximum Gasteiger partial charge on any atom is 0.0994 e. The summed E-state index contributed by atoms with van der Waals surface area (Å²) in [5, 5.41) is 10.7. The molecule has 2 nitrogen and oxygen atoms in total. The van der Waals surface area contributed by atoms with Gasteiger partial charge in [-0.2, -0.15) is 0 Å². The van der Waals surface area contributed by atoms with E-state index in [-0.39, 0.29) is 21.9 Å². The Kier molecular flexibility index (Phi) is 5.30. The minimum atomic E-state index is -0.397. The SMILES string of the molecule is CCC(C)C1OC(C(C)(Br)CC)C(O)C1(C)CC. The molecular weight excluding hydrogens is 292 g/mol. The molecular formula is C15H29BrO2. The molecule has 108 valence electrons. The smallest absolute Gasteiger partial charge is 0.0994 e. The van der Waals surface area contributed by atoms with Gasteiger partial charge in [0.25, 0.3) is 0 Å². The summed E-state index contributed by atoms with van der Waals surface area (Å²) in [4.78, 5) is 0. The Balaban J connectivity index is 3.04. The van der Waals surface area contributed by atoms with Crippen molar-refractivity contribution in [1.29, 1.82) is 0 Å². The normalized spacial score (nSPS) is 41.7. The lowest BCUT2D eigenvalue weighted by Crippen LogP contribution is -2.45. The van der Waals surface area contributed by atoms with E-state index in [4.69, 9.17) is 4.74 Å². The van der Waals surface area contributed by atoms with Crippen LogP contribution in [-0.2, 0) is 4.74 Å². The van der Waals surface area contributed by atoms with Gasteiger partial charge in [0, 0.05) is 5.41 Å². The van der Waals surface area contributed by atoms with Gasteiger partial charge < -0.3 is 9.84 Å². The van der Waals surface area contributed by atoms with Crippen molar-refractivity contribution in [2.75, 3.05) is 0 Å². The number of rotatable bonds is 5. The molecule has 1 fully saturated rings. The molecule has 0 radical (unpaired) electrons. The fourth-order valence-electron chi connectivity index (χ4n) is 2.98. The van der Waals surface area contributed by atoms with E-state index in [2.05, 4.69) is 57.5 Å². The molecule has 1 aliphatic heterocycles. The van der Waals surface area contributed by atoms with Gasteiger partial charge in [0.15, 0.2) is 0 Å². The van der Waals surface area contributed by atoms with Gasteiger partial charge in [0.2, 0.25) is 0 Å². The minimum absolute atomic E-state index is 0.119. The van der Waals surface area contributed by atoms with Crippen molar-refractivity contribution < 1.29 is 9.84 Å². The van der Waals surface area contributed by atoms with Gasteiger partial charge in [-0.3, -0.25) is 0 Å². The van der Waals surface area contributed by atoms with Gasteiger partial charge in [-0.1, -0.05) is 57.0 Å². The molecule has 0 amide bonds. The average Bonchev–Trinajstić information content (AvgIpc) is 2.63. The van der Waals surface area contributed by atoms with Crippen molar-refractivity contribution in [2.24, 2.45) is 11.3 Å². The van der Waals surface area contributed by atoms with Gasteiger partial charge in [0.1, 0.15) is 0 Å². The number of hydrogen-bond acceptors (Lipinski definition) is 2. The highest BCUT2D eigenvalue weighted by molar-refractivity contribution is 9.10.